The van der Waals surface area contributed by atoms with Crippen LogP contribution in [0.5, 0.6) is 0 Å². The molecule has 0 aliphatic heterocycles. The summed E-state index contributed by atoms with van der Waals surface area (Å²) in [4.78, 5) is 0. The summed E-state index contributed by atoms with van der Waals surface area (Å²) in [5, 5.41) is 0. The van der Waals surface area contributed by atoms with E-state index in [2.05, 4.69) is 35.8 Å². The van der Waals surface area contributed by atoms with Gasteiger partial charge < -0.3 is 0 Å². The van der Waals surface area contributed by atoms with Crippen molar-refractivity contribution in [2.75, 3.05) is 0 Å². The Kier molecular flexibility index (Phi) is 5.23. The molecular formula is C22H19B. The average molecular weight is 294 g/mol. The first-order valence-corrected chi connectivity index (χ1v) is 8.23. The van der Waals surface area contributed by atoms with Crippen LogP contribution in [0.1, 0.15) is 36.8 Å². The molecule has 0 atom stereocenters. The van der Waals surface area contributed by atoms with E-state index in [4.69, 9.17) is 7.85 Å². The molecule has 0 spiro atoms. The van der Waals surface area contributed by atoms with Crippen LogP contribution < -0.4 is 5.46 Å². The van der Waals surface area contributed by atoms with Crippen LogP contribution in [-0.4, -0.2) is 7.85 Å². The summed E-state index contributed by atoms with van der Waals surface area (Å²) in [5.74, 6) is 14.4. The van der Waals surface area contributed by atoms with E-state index in [1.165, 1.54) is 0 Å². The van der Waals surface area contributed by atoms with E-state index in [9.17, 15) is 0 Å². The lowest BCUT2D eigenvalue weighted by Crippen LogP contribution is -2.12. The van der Waals surface area contributed by atoms with Gasteiger partial charge in [0.15, 0.2) is 0 Å². The van der Waals surface area contributed by atoms with E-state index in [1.807, 2.05) is 42.5 Å². The van der Waals surface area contributed by atoms with Crippen molar-refractivity contribution >= 4 is 13.3 Å². The van der Waals surface area contributed by atoms with Crippen LogP contribution in [0.4, 0.5) is 0 Å². The van der Waals surface area contributed by atoms with Crippen LogP contribution >= 0.6 is 0 Å². The predicted molar refractivity (Wildman–Crippen MR) is 97.5 cm³/mol. The number of benzene rings is 2. The summed E-state index contributed by atoms with van der Waals surface area (Å²) in [6.45, 7) is 0. The van der Waals surface area contributed by atoms with Gasteiger partial charge in [-0.2, -0.15) is 0 Å². The minimum Gasteiger partial charge on any atom is -0.0966 e. The van der Waals surface area contributed by atoms with Crippen molar-refractivity contribution in [1.29, 1.82) is 0 Å². The van der Waals surface area contributed by atoms with Crippen LogP contribution in [0.2, 0.25) is 0 Å². The molecule has 23 heavy (non-hydrogen) atoms. The van der Waals surface area contributed by atoms with Crippen molar-refractivity contribution in [2.45, 2.75) is 25.7 Å². The standard InChI is InChI=1S/C22H19B/c23-22-16-14-21(15-17-22)13-12-20-10-8-19(9-11-20)7-6-18-4-2-1-3-5-18/h1-5,14-17,19-20H,8-11H2. The summed E-state index contributed by atoms with van der Waals surface area (Å²) in [6.07, 6.45) is 4.61. The first kappa shape index (κ1) is 15.5. The van der Waals surface area contributed by atoms with Crippen LogP contribution in [-0.2, 0) is 0 Å². The van der Waals surface area contributed by atoms with Crippen LogP contribution in [0.3, 0.4) is 0 Å². The molecule has 2 radical (unpaired) electrons. The molecule has 0 unspecified atom stereocenters. The minimum absolute atomic E-state index is 0.502. The molecule has 2 aromatic rings. The third-order valence-corrected chi connectivity index (χ3v) is 4.25. The van der Waals surface area contributed by atoms with E-state index < -0.39 is 0 Å². The molecule has 0 heterocycles. The van der Waals surface area contributed by atoms with Gasteiger partial charge in [-0.3, -0.25) is 0 Å². The average Bonchev–Trinajstić information content (AvgIpc) is 2.61. The Hall–Kier alpha value is -2.38. The monoisotopic (exact) mass is 294 g/mol. The fourth-order valence-corrected chi connectivity index (χ4v) is 2.84. The molecule has 1 saturated carbocycles. The largest absolute Gasteiger partial charge is 0.113 e. The second-order valence-corrected chi connectivity index (χ2v) is 6.08. The van der Waals surface area contributed by atoms with Gasteiger partial charge in [0.2, 0.25) is 0 Å². The smallest absolute Gasteiger partial charge is 0.0966 e. The third kappa shape index (κ3) is 4.80. The number of hydrogen-bond acceptors (Lipinski definition) is 0. The summed E-state index contributed by atoms with van der Waals surface area (Å²) in [5.41, 5.74) is 2.94. The lowest BCUT2D eigenvalue weighted by Gasteiger charge is -2.21. The van der Waals surface area contributed by atoms with Gasteiger partial charge in [0.1, 0.15) is 7.85 Å². The molecule has 1 aliphatic carbocycles. The lowest BCUT2D eigenvalue weighted by molar-refractivity contribution is 0.373. The minimum atomic E-state index is 0.502. The topological polar surface area (TPSA) is 0 Å². The Morgan fingerprint density at radius 3 is 1.65 bits per heavy atom. The molecule has 0 aromatic heterocycles. The molecule has 1 aliphatic rings. The molecule has 1 fully saturated rings. The zero-order valence-corrected chi connectivity index (χ0v) is 13.3. The molecule has 0 bridgehead atoms. The first-order chi connectivity index (χ1) is 11.3. The van der Waals surface area contributed by atoms with E-state index in [0.717, 1.165) is 42.3 Å². The van der Waals surface area contributed by atoms with Gasteiger partial charge in [-0.15, -0.1) is 0 Å². The van der Waals surface area contributed by atoms with Crippen molar-refractivity contribution in [3.63, 3.8) is 0 Å². The maximum atomic E-state index is 5.69. The Morgan fingerprint density at radius 2 is 1.13 bits per heavy atom. The fourth-order valence-electron chi connectivity index (χ4n) is 2.84. The Bertz CT molecular complexity index is 743. The highest BCUT2D eigenvalue weighted by molar-refractivity contribution is 6.32. The van der Waals surface area contributed by atoms with E-state index in [0.29, 0.717) is 11.8 Å². The Morgan fingerprint density at radius 1 is 0.652 bits per heavy atom. The molecule has 0 N–H and O–H groups in total. The van der Waals surface area contributed by atoms with Crippen LogP contribution in [0, 0.1) is 35.5 Å². The third-order valence-electron chi connectivity index (χ3n) is 4.25. The quantitative estimate of drug-likeness (QED) is 0.513. The van der Waals surface area contributed by atoms with Crippen molar-refractivity contribution in [3.8, 4) is 23.7 Å². The molecule has 3 rings (SSSR count). The zero-order chi connectivity index (χ0) is 15.9. The molecule has 110 valence electrons. The SMILES string of the molecule is [B]c1ccc(C#CC2CCC(C#Cc3ccccc3)CC2)cc1. The molecule has 0 saturated heterocycles. The number of rotatable bonds is 0. The van der Waals surface area contributed by atoms with Gasteiger partial charge in [0, 0.05) is 23.0 Å². The molecular weight excluding hydrogens is 275 g/mol. The highest BCUT2D eigenvalue weighted by atomic mass is 14.2. The fraction of sp³-hybridized carbons (Fsp3) is 0.273. The van der Waals surface area contributed by atoms with Gasteiger partial charge in [-0.25, -0.2) is 0 Å². The van der Waals surface area contributed by atoms with Crippen molar-refractivity contribution in [2.24, 2.45) is 11.8 Å². The van der Waals surface area contributed by atoms with Gasteiger partial charge >= 0.3 is 0 Å². The summed E-state index contributed by atoms with van der Waals surface area (Å²) < 4.78 is 0. The highest BCUT2D eigenvalue weighted by Crippen LogP contribution is 2.28. The zero-order valence-electron chi connectivity index (χ0n) is 13.3. The summed E-state index contributed by atoms with van der Waals surface area (Å²) >= 11 is 0. The maximum Gasteiger partial charge on any atom is 0.113 e. The van der Waals surface area contributed by atoms with E-state index in [1.54, 1.807) is 0 Å². The van der Waals surface area contributed by atoms with Gasteiger partial charge in [0.05, 0.1) is 0 Å². The molecule has 1 heteroatoms. The highest BCUT2D eigenvalue weighted by Gasteiger charge is 2.18. The van der Waals surface area contributed by atoms with Crippen LogP contribution in [0.15, 0.2) is 54.6 Å². The predicted octanol–water partition coefficient (Wildman–Crippen LogP) is 3.69. The van der Waals surface area contributed by atoms with E-state index >= 15 is 0 Å². The van der Waals surface area contributed by atoms with E-state index in [-0.39, 0.29) is 0 Å². The second kappa shape index (κ2) is 7.76. The Balaban J connectivity index is 1.53. The first-order valence-electron chi connectivity index (χ1n) is 8.23. The lowest BCUT2D eigenvalue weighted by atomic mass is 9.82. The normalized spacial score (nSPS) is 19.8. The van der Waals surface area contributed by atoms with Crippen molar-refractivity contribution in [3.05, 3.63) is 65.7 Å². The Labute approximate surface area is 140 Å². The van der Waals surface area contributed by atoms with Crippen LogP contribution in [0.25, 0.3) is 0 Å². The van der Waals surface area contributed by atoms with Crippen molar-refractivity contribution in [1.82, 2.24) is 0 Å². The van der Waals surface area contributed by atoms with Gasteiger partial charge in [-0.05, 0) is 49.9 Å². The maximum absolute atomic E-state index is 5.69. The molecule has 2 aromatic carbocycles. The van der Waals surface area contributed by atoms with Crippen molar-refractivity contribution < 1.29 is 0 Å². The summed E-state index contributed by atoms with van der Waals surface area (Å²) in [7, 11) is 5.69. The van der Waals surface area contributed by atoms with Gasteiger partial charge in [0.25, 0.3) is 0 Å². The molecule has 0 amide bonds. The number of hydrogen-bond donors (Lipinski definition) is 0. The molecule has 0 nitrogen and oxygen atoms in total. The summed E-state index contributed by atoms with van der Waals surface area (Å²) in [6, 6.07) is 18.0. The second-order valence-electron chi connectivity index (χ2n) is 6.08. The van der Waals surface area contributed by atoms with Gasteiger partial charge in [-0.1, -0.05) is 59.5 Å².